The average molecular weight is 251 g/mol. The molecular formula is C12H21N5O. The normalized spacial score (nSPS) is 10.8. The summed E-state index contributed by atoms with van der Waals surface area (Å²) in [5.74, 6) is 0.756. The third-order valence-corrected chi connectivity index (χ3v) is 2.26. The van der Waals surface area contributed by atoms with Crippen molar-refractivity contribution >= 4 is 11.7 Å². The predicted molar refractivity (Wildman–Crippen MR) is 71.2 cm³/mol. The molecule has 6 nitrogen and oxygen atoms in total. The zero-order chi connectivity index (χ0) is 13.5. The van der Waals surface area contributed by atoms with E-state index >= 15 is 0 Å². The smallest absolute Gasteiger partial charge is 0.234 e. The van der Waals surface area contributed by atoms with E-state index in [4.69, 9.17) is 0 Å². The Morgan fingerprint density at radius 3 is 2.61 bits per heavy atom. The third kappa shape index (κ3) is 5.09. The van der Waals surface area contributed by atoms with Gasteiger partial charge < -0.3 is 10.6 Å². The number of aromatic nitrogens is 2. The van der Waals surface area contributed by atoms with E-state index in [-0.39, 0.29) is 11.9 Å². The van der Waals surface area contributed by atoms with Gasteiger partial charge in [-0.3, -0.25) is 14.7 Å². The highest BCUT2D eigenvalue weighted by atomic mass is 16.2. The lowest BCUT2D eigenvalue weighted by atomic mass is 10.3. The first-order valence-corrected chi connectivity index (χ1v) is 5.98. The highest BCUT2D eigenvalue weighted by Gasteiger charge is 2.08. The van der Waals surface area contributed by atoms with Gasteiger partial charge in [0.15, 0.2) is 0 Å². The van der Waals surface area contributed by atoms with Crippen LogP contribution in [0.3, 0.4) is 0 Å². The highest BCUT2D eigenvalue weighted by Crippen LogP contribution is 2.02. The van der Waals surface area contributed by atoms with Crippen LogP contribution in [-0.2, 0) is 11.3 Å². The molecule has 0 saturated heterocycles. The van der Waals surface area contributed by atoms with Crippen molar-refractivity contribution in [3.8, 4) is 0 Å². The van der Waals surface area contributed by atoms with Crippen LogP contribution in [0.2, 0.25) is 0 Å². The number of nitrogens with one attached hydrogen (secondary N) is 2. The number of carbonyl (C=O) groups is 1. The number of amides is 1. The lowest BCUT2D eigenvalue weighted by molar-refractivity contribution is -0.122. The van der Waals surface area contributed by atoms with Gasteiger partial charge in [0.2, 0.25) is 5.91 Å². The van der Waals surface area contributed by atoms with Crippen molar-refractivity contribution in [2.24, 2.45) is 0 Å². The molecular weight excluding hydrogens is 230 g/mol. The van der Waals surface area contributed by atoms with Crippen molar-refractivity contribution in [3.63, 3.8) is 0 Å². The van der Waals surface area contributed by atoms with Crippen LogP contribution in [-0.4, -0.2) is 47.5 Å². The lowest BCUT2D eigenvalue weighted by Crippen LogP contribution is -2.38. The first-order chi connectivity index (χ1) is 8.51. The molecule has 0 unspecified atom stereocenters. The zero-order valence-corrected chi connectivity index (χ0v) is 11.4. The van der Waals surface area contributed by atoms with Gasteiger partial charge in [-0.25, -0.2) is 4.98 Å². The highest BCUT2D eigenvalue weighted by molar-refractivity contribution is 5.78. The molecule has 1 rings (SSSR count). The molecule has 2 N–H and O–H groups in total. The minimum atomic E-state index is 0.0207. The second-order valence-corrected chi connectivity index (χ2v) is 4.54. The predicted octanol–water partition coefficient (Wildman–Crippen LogP) is 0.475. The molecule has 1 aromatic heterocycles. The molecule has 100 valence electrons. The summed E-state index contributed by atoms with van der Waals surface area (Å²) in [6, 6.07) is 0.167. The number of nitrogens with zero attached hydrogens (tertiary/aromatic N) is 3. The number of anilines is 1. The monoisotopic (exact) mass is 251 g/mol. The first-order valence-electron chi connectivity index (χ1n) is 5.98. The summed E-state index contributed by atoms with van der Waals surface area (Å²) in [5, 5.41) is 5.76. The molecule has 0 radical (unpaired) electrons. The van der Waals surface area contributed by atoms with E-state index in [9.17, 15) is 4.79 Å². The van der Waals surface area contributed by atoms with Crippen molar-refractivity contribution in [2.75, 3.05) is 26.0 Å². The van der Waals surface area contributed by atoms with Crippen LogP contribution in [0.4, 0.5) is 5.82 Å². The molecule has 0 bridgehead atoms. The van der Waals surface area contributed by atoms with Gasteiger partial charge in [-0.15, -0.1) is 0 Å². The topological polar surface area (TPSA) is 70.2 Å². The quantitative estimate of drug-likeness (QED) is 0.769. The van der Waals surface area contributed by atoms with Crippen molar-refractivity contribution in [1.82, 2.24) is 20.2 Å². The minimum Gasteiger partial charge on any atom is -0.372 e. The Balaban J connectivity index is 2.43. The SMILES string of the molecule is CNc1cnc(CN(C)CC(=O)NC(C)C)cn1. The van der Waals surface area contributed by atoms with E-state index < -0.39 is 0 Å². The molecule has 0 saturated carbocycles. The summed E-state index contributed by atoms with van der Waals surface area (Å²) in [6.07, 6.45) is 3.39. The van der Waals surface area contributed by atoms with E-state index in [1.54, 1.807) is 19.4 Å². The fraction of sp³-hybridized carbons (Fsp3) is 0.583. The Bertz CT molecular complexity index is 377. The number of hydrogen-bond acceptors (Lipinski definition) is 5. The molecule has 1 aromatic rings. The summed E-state index contributed by atoms with van der Waals surface area (Å²) in [7, 11) is 3.68. The van der Waals surface area contributed by atoms with Crippen molar-refractivity contribution in [1.29, 1.82) is 0 Å². The van der Waals surface area contributed by atoms with Gasteiger partial charge in [0.25, 0.3) is 0 Å². The van der Waals surface area contributed by atoms with Crippen LogP contribution < -0.4 is 10.6 Å². The van der Waals surface area contributed by atoms with E-state index in [2.05, 4.69) is 20.6 Å². The Morgan fingerprint density at radius 2 is 2.11 bits per heavy atom. The molecule has 6 heteroatoms. The molecule has 0 fully saturated rings. The fourth-order valence-electron chi connectivity index (χ4n) is 1.51. The van der Waals surface area contributed by atoms with Crippen LogP contribution in [0.1, 0.15) is 19.5 Å². The van der Waals surface area contributed by atoms with Gasteiger partial charge in [0, 0.05) is 19.6 Å². The van der Waals surface area contributed by atoms with Crippen molar-refractivity contribution < 1.29 is 4.79 Å². The van der Waals surface area contributed by atoms with Crippen LogP contribution in [0.25, 0.3) is 0 Å². The van der Waals surface area contributed by atoms with Gasteiger partial charge in [-0.1, -0.05) is 0 Å². The molecule has 0 aromatic carbocycles. The van der Waals surface area contributed by atoms with E-state index in [0.717, 1.165) is 11.5 Å². The molecule has 0 aliphatic rings. The first kappa shape index (κ1) is 14.4. The van der Waals surface area contributed by atoms with Crippen LogP contribution in [0.5, 0.6) is 0 Å². The maximum Gasteiger partial charge on any atom is 0.234 e. The summed E-state index contributed by atoms with van der Waals surface area (Å²) < 4.78 is 0. The lowest BCUT2D eigenvalue weighted by Gasteiger charge is -2.16. The van der Waals surface area contributed by atoms with Crippen molar-refractivity contribution in [2.45, 2.75) is 26.4 Å². The molecule has 18 heavy (non-hydrogen) atoms. The maximum atomic E-state index is 11.6. The summed E-state index contributed by atoms with van der Waals surface area (Å²) in [6.45, 7) is 4.84. The molecule has 0 atom stereocenters. The fourth-order valence-corrected chi connectivity index (χ4v) is 1.51. The number of hydrogen-bond donors (Lipinski definition) is 2. The standard InChI is InChI=1S/C12H21N5O/c1-9(2)16-12(18)8-17(4)7-10-5-15-11(13-3)6-14-10/h5-6,9H,7-8H2,1-4H3,(H,13,15)(H,16,18). The second kappa shape index (κ2) is 6.90. The Kier molecular flexibility index (Phi) is 5.51. The second-order valence-electron chi connectivity index (χ2n) is 4.54. The summed E-state index contributed by atoms with van der Waals surface area (Å²) in [4.78, 5) is 21.9. The average Bonchev–Trinajstić information content (AvgIpc) is 2.28. The number of carbonyl (C=O) groups excluding carboxylic acids is 1. The van der Waals surface area contributed by atoms with Crippen LogP contribution in [0, 0.1) is 0 Å². The summed E-state index contributed by atoms with van der Waals surface area (Å²) in [5.41, 5.74) is 0.842. The minimum absolute atomic E-state index is 0.0207. The van der Waals surface area contributed by atoms with Crippen LogP contribution in [0.15, 0.2) is 12.4 Å². The molecule has 0 spiro atoms. The largest absolute Gasteiger partial charge is 0.372 e. The van der Waals surface area contributed by atoms with E-state index in [0.29, 0.717) is 13.1 Å². The molecule has 0 aliphatic carbocycles. The Hall–Kier alpha value is -1.69. The van der Waals surface area contributed by atoms with E-state index in [1.807, 2.05) is 25.8 Å². The van der Waals surface area contributed by atoms with Gasteiger partial charge in [0.1, 0.15) is 5.82 Å². The molecule has 0 aliphatic heterocycles. The van der Waals surface area contributed by atoms with Gasteiger partial charge in [-0.05, 0) is 20.9 Å². The maximum absolute atomic E-state index is 11.6. The molecule has 1 heterocycles. The van der Waals surface area contributed by atoms with Gasteiger partial charge in [0.05, 0.1) is 24.6 Å². The number of likely N-dealkylation sites (N-methyl/N-ethyl adjacent to an activating group) is 1. The number of rotatable bonds is 6. The zero-order valence-electron chi connectivity index (χ0n) is 11.4. The Morgan fingerprint density at radius 1 is 1.39 bits per heavy atom. The summed E-state index contributed by atoms with van der Waals surface area (Å²) >= 11 is 0. The van der Waals surface area contributed by atoms with Gasteiger partial charge in [-0.2, -0.15) is 0 Å². The van der Waals surface area contributed by atoms with Crippen LogP contribution >= 0.6 is 0 Å². The molecule has 1 amide bonds. The third-order valence-electron chi connectivity index (χ3n) is 2.26. The van der Waals surface area contributed by atoms with Crippen molar-refractivity contribution in [3.05, 3.63) is 18.1 Å². The van der Waals surface area contributed by atoms with Gasteiger partial charge >= 0.3 is 0 Å². The Labute approximate surface area is 108 Å². The van der Waals surface area contributed by atoms with E-state index in [1.165, 1.54) is 0 Å².